The molecule has 0 radical (unpaired) electrons. The maximum absolute atomic E-state index is 13.2. The van der Waals surface area contributed by atoms with Crippen LogP contribution in [0.15, 0.2) is 6.07 Å². The van der Waals surface area contributed by atoms with Crippen LogP contribution in [0, 0.1) is 19.8 Å². The van der Waals surface area contributed by atoms with Crippen LogP contribution in [0.3, 0.4) is 0 Å². The highest BCUT2D eigenvalue weighted by Gasteiger charge is 2.29. The second-order valence-corrected chi connectivity index (χ2v) is 9.47. The van der Waals surface area contributed by atoms with Crippen molar-refractivity contribution in [3.8, 4) is 0 Å². The molecule has 1 aliphatic heterocycles. The number of hydrogen-bond donors (Lipinski definition) is 0. The highest BCUT2D eigenvalue weighted by molar-refractivity contribution is 5.96. The molecule has 0 aromatic carbocycles. The number of piperazine rings is 1. The van der Waals surface area contributed by atoms with Crippen LogP contribution < -0.4 is 0 Å². The smallest absolute Gasteiger partial charge is 0.255 e. The first-order valence-electron chi connectivity index (χ1n) is 11.8. The molecule has 1 aromatic rings. The molecule has 1 saturated heterocycles. The molecule has 0 atom stereocenters. The third kappa shape index (κ3) is 4.39. The summed E-state index contributed by atoms with van der Waals surface area (Å²) in [5, 5.41) is 0. The van der Waals surface area contributed by atoms with Crippen molar-refractivity contribution in [3.05, 3.63) is 23.0 Å². The number of carbonyl (C=O) groups is 2. The summed E-state index contributed by atoms with van der Waals surface area (Å²) in [6.45, 7) is 6.91. The first kappa shape index (κ1) is 20.5. The minimum atomic E-state index is 0.142. The number of aromatic nitrogens is 1. The fourth-order valence-electron chi connectivity index (χ4n) is 5.81. The summed E-state index contributed by atoms with van der Waals surface area (Å²) >= 11 is 0. The molecule has 2 saturated carbocycles. The summed E-state index contributed by atoms with van der Waals surface area (Å²) in [5.74, 6) is 1.02. The largest absolute Gasteiger partial charge is 0.345 e. The maximum Gasteiger partial charge on any atom is 0.255 e. The fraction of sp³-hybridized carbons (Fsp3) is 0.750. The Kier molecular flexibility index (Phi) is 6.31. The van der Waals surface area contributed by atoms with Gasteiger partial charge in [0, 0.05) is 50.0 Å². The molecule has 2 amide bonds. The zero-order chi connectivity index (χ0) is 20.4. The Labute approximate surface area is 175 Å². The van der Waals surface area contributed by atoms with Gasteiger partial charge in [-0.3, -0.25) is 9.59 Å². The molecule has 0 spiro atoms. The van der Waals surface area contributed by atoms with Crippen molar-refractivity contribution < 1.29 is 9.59 Å². The molecule has 3 aliphatic rings. The molecule has 0 N–H and O–H groups in total. The average molecular weight is 400 g/mol. The molecule has 2 heterocycles. The lowest BCUT2D eigenvalue weighted by molar-refractivity contribution is -0.133. The molecular weight excluding hydrogens is 362 g/mol. The Morgan fingerprint density at radius 2 is 1.45 bits per heavy atom. The van der Waals surface area contributed by atoms with Gasteiger partial charge in [-0.25, -0.2) is 0 Å². The first-order valence-corrected chi connectivity index (χ1v) is 11.8. The minimum Gasteiger partial charge on any atom is -0.345 e. The van der Waals surface area contributed by atoms with Crippen LogP contribution in [0.4, 0.5) is 0 Å². The molecule has 160 valence electrons. The lowest BCUT2D eigenvalue weighted by atomic mass is 9.95. The third-order valence-corrected chi connectivity index (χ3v) is 7.51. The standard InChI is InChI=1S/C24H37N3O2/c1-18-16-22(19(2)27(18)21-10-4-3-5-11-21)24(29)26-14-12-25(13-15-26)23(28)17-20-8-6-7-9-20/h16,20-21H,3-15,17H2,1-2H3. The summed E-state index contributed by atoms with van der Waals surface area (Å²) in [6.07, 6.45) is 12.1. The molecule has 0 unspecified atom stereocenters. The molecule has 1 aromatic heterocycles. The topological polar surface area (TPSA) is 45.6 Å². The molecule has 0 bridgehead atoms. The number of carbonyl (C=O) groups excluding carboxylic acids is 2. The third-order valence-electron chi connectivity index (χ3n) is 7.51. The van der Waals surface area contributed by atoms with E-state index in [1.54, 1.807) is 0 Å². The van der Waals surface area contributed by atoms with Crippen molar-refractivity contribution in [2.75, 3.05) is 26.2 Å². The van der Waals surface area contributed by atoms with Crippen molar-refractivity contribution in [1.82, 2.24) is 14.4 Å². The van der Waals surface area contributed by atoms with E-state index in [1.807, 2.05) is 9.80 Å². The van der Waals surface area contributed by atoms with Crippen LogP contribution in [-0.2, 0) is 4.79 Å². The van der Waals surface area contributed by atoms with Gasteiger partial charge in [0.05, 0.1) is 5.56 Å². The Morgan fingerprint density at radius 1 is 0.862 bits per heavy atom. The fourth-order valence-corrected chi connectivity index (χ4v) is 5.81. The van der Waals surface area contributed by atoms with Crippen LogP contribution in [0.5, 0.6) is 0 Å². The normalized spacial score (nSPS) is 21.7. The zero-order valence-corrected chi connectivity index (χ0v) is 18.3. The van der Waals surface area contributed by atoms with Crippen molar-refractivity contribution in [3.63, 3.8) is 0 Å². The second-order valence-electron chi connectivity index (χ2n) is 9.47. The van der Waals surface area contributed by atoms with Crippen molar-refractivity contribution in [2.45, 2.75) is 84.1 Å². The summed E-state index contributed by atoms with van der Waals surface area (Å²) in [4.78, 5) is 29.8. The SMILES string of the molecule is Cc1cc(C(=O)N2CCN(C(=O)CC3CCCC3)CC2)c(C)n1C1CCCCC1. The number of hydrogen-bond acceptors (Lipinski definition) is 2. The van der Waals surface area contributed by atoms with Crippen LogP contribution >= 0.6 is 0 Å². The number of rotatable bonds is 4. The zero-order valence-electron chi connectivity index (χ0n) is 18.3. The van der Waals surface area contributed by atoms with E-state index in [1.165, 1.54) is 63.5 Å². The van der Waals surface area contributed by atoms with Crippen LogP contribution in [0.25, 0.3) is 0 Å². The van der Waals surface area contributed by atoms with Gasteiger partial charge in [-0.05, 0) is 51.5 Å². The second kappa shape index (κ2) is 8.93. The predicted molar refractivity (Wildman–Crippen MR) is 115 cm³/mol. The summed E-state index contributed by atoms with van der Waals surface area (Å²) < 4.78 is 2.41. The van der Waals surface area contributed by atoms with E-state index in [4.69, 9.17) is 0 Å². The van der Waals surface area contributed by atoms with E-state index in [2.05, 4.69) is 24.5 Å². The predicted octanol–water partition coefficient (Wildman–Crippen LogP) is 4.47. The van der Waals surface area contributed by atoms with Gasteiger partial charge in [0.15, 0.2) is 0 Å². The molecule has 5 heteroatoms. The molecule has 4 rings (SSSR count). The summed E-state index contributed by atoms with van der Waals surface area (Å²) in [5.41, 5.74) is 3.20. The van der Waals surface area contributed by atoms with Gasteiger partial charge >= 0.3 is 0 Å². The van der Waals surface area contributed by atoms with Gasteiger partial charge < -0.3 is 14.4 Å². The Bertz CT molecular complexity index is 734. The first-order chi connectivity index (χ1) is 14.0. The highest BCUT2D eigenvalue weighted by Crippen LogP contribution is 2.33. The van der Waals surface area contributed by atoms with Gasteiger partial charge in [0.25, 0.3) is 5.91 Å². The van der Waals surface area contributed by atoms with Crippen LogP contribution in [0.2, 0.25) is 0 Å². The van der Waals surface area contributed by atoms with Gasteiger partial charge in [0.1, 0.15) is 0 Å². The molecule has 29 heavy (non-hydrogen) atoms. The summed E-state index contributed by atoms with van der Waals surface area (Å²) in [6, 6.07) is 2.64. The molecule has 3 fully saturated rings. The Balaban J connectivity index is 1.36. The quantitative estimate of drug-likeness (QED) is 0.750. The highest BCUT2D eigenvalue weighted by atomic mass is 16.2. The Hall–Kier alpha value is -1.78. The van der Waals surface area contributed by atoms with Crippen LogP contribution in [-0.4, -0.2) is 52.4 Å². The van der Waals surface area contributed by atoms with Gasteiger partial charge in [-0.1, -0.05) is 32.1 Å². The molecule has 5 nitrogen and oxygen atoms in total. The van der Waals surface area contributed by atoms with Gasteiger partial charge in [0.2, 0.25) is 5.91 Å². The Morgan fingerprint density at radius 3 is 2.10 bits per heavy atom. The van der Waals surface area contributed by atoms with Crippen molar-refractivity contribution in [1.29, 1.82) is 0 Å². The average Bonchev–Trinajstić information content (AvgIpc) is 3.35. The monoisotopic (exact) mass is 399 g/mol. The van der Waals surface area contributed by atoms with E-state index in [-0.39, 0.29) is 5.91 Å². The maximum atomic E-state index is 13.2. The number of nitrogens with zero attached hydrogens (tertiary/aromatic N) is 3. The van der Waals surface area contributed by atoms with E-state index in [9.17, 15) is 9.59 Å². The van der Waals surface area contributed by atoms with Crippen LogP contribution in [0.1, 0.15) is 92.0 Å². The van der Waals surface area contributed by atoms with Crippen molar-refractivity contribution in [2.24, 2.45) is 5.92 Å². The molecule has 2 aliphatic carbocycles. The van der Waals surface area contributed by atoms with Crippen molar-refractivity contribution >= 4 is 11.8 Å². The van der Waals surface area contributed by atoms with E-state index >= 15 is 0 Å². The summed E-state index contributed by atoms with van der Waals surface area (Å²) in [7, 11) is 0. The minimum absolute atomic E-state index is 0.142. The van der Waals surface area contributed by atoms with Gasteiger partial charge in [-0.15, -0.1) is 0 Å². The lowest BCUT2D eigenvalue weighted by Gasteiger charge is -2.35. The van der Waals surface area contributed by atoms with E-state index in [0.717, 1.165) is 11.3 Å². The van der Waals surface area contributed by atoms with Gasteiger partial charge in [-0.2, -0.15) is 0 Å². The lowest BCUT2D eigenvalue weighted by Crippen LogP contribution is -2.50. The number of aryl methyl sites for hydroxylation is 1. The van der Waals surface area contributed by atoms with E-state index in [0.29, 0.717) is 50.5 Å². The molecular formula is C24H37N3O2. The van der Waals surface area contributed by atoms with E-state index < -0.39 is 0 Å². The number of amides is 2.